The quantitative estimate of drug-likeness (QED) is 0.266. The zero-order chi connectivity index (χ0) is 24.1. The molecule has 1 N–H and O–H groups in total. The molecule has 33 heavy (non-hydrogen) atoms. The lowest BCUT2D eigenvalue weighted by Gasteiger charge is -2.07. The first-order chi connectivity index (χ1) is 15.7. The van der Waals surface area contributed by atoms with Crippen molar-refractivity contribution in [2.45, 2.75) is 40.8 Å². The van der Waals surface area contributed by atoms with Gasteiger partial charge in [0.15, 0.2) is 12.4 Å². The zero-order valence-electron chi connectivity index (χ0n) is 18.6. The minimum absolute atomic E-state index is 0.00499. The Hall–Kier alpha value is -3.31. The number of thiophene rings is 1. The molecular weight excluding hydrogens is 466 g/mol. The molecule has 0 radical (unpaired) electrons. The van der Waals surface area contributed by atoms with E-state index in [0.29, 0.717) is 16.2 Å². The number of ether oxygens (including phenoxy) is 2. The van der Waals surface area contributed by atoms with Gasteiger partial charge in [0.05, 0.1) is 17.0 Å². The van der Waals surface area contributed by atoms with Gasteiger partial charge < -0.3 is 19.2 Å². The van der Waals surface area contributed by atoms with Gasteiger partial charge >= 0.3 is 5.97 Å². The second-order valence-corrected chi connectivity index (χ2v) is 8.48. The third-order valence-electron chi connectivity index (χ3n) is 4.49. The minimum Gasteiger partial charge on any atom is -0.484 e. The zero-order valence-corrected chi connectivity index (χ0v) is 20.2. The molecule has 9 nitrogen and oxygen atoms in total. The van der Waals surface area contributed by atoms with Crippen LogP contribution in [-0.4, -0.2) is 34.0 Å². The third-order valence-corrected chi connectivity index (χ3v) is 6.09. The maximum atomic E-state index is 12.7. The summed E-state index contributed by atoms with van der Waals surface area (Å²) < 4.78 is 17.4. The Balaban J connectivity index is 1.72. The molecule has 3 aromatic rings. The molecule has 0 unspecified atom stereocenters. The van der Waals surface area contributed by atoms with Crippen LogP contribution in [0.25, 0.3) is 0 Å². The van der Waals surface area contributed by atoms with Crippen LogP contribution in [0.4, 0.5) is 5.00 Å². The first-order valence-corrected chi connectivity index (χ1v) is 11.3. The molecule has 0 saturated carbocycles. The highest BCUT2D eigenvalue weighted by Crippen LogP contribution is 2.34. The smallest absolute Gasteiger partial charge is 0.341 e. The van der Waals surface area contributed by atoms with Gasteiger partial charge in [0.1, 0.15) is 17.3 Å². The van der Waals surface area contributed by atoms with Crippen molar-refractivity contribution < 1.29 is 28.3 Å². The van der Waals surface area contributed by atoms with E-state index >= 15 is 0 Å². The summed E-state index contributed by atoms with van der Waals surface area (Å²) in [6, 6.07) is 7.51. The highest BCUT2D eigenvalue weighted by atomic mass is 32.1. The number of nitrogens with one attached hydrogen (secondary N) is 1. The van der Waals surface area contributed by atoms with E-state index in [4.69, 9.17) is 26.1 Å². The van der Waals surface area contributed by atoms with Crippen molar-refractivity contribution >= 4 is 46.2 Å². The molecular formula is C22H23N3O6S2. The van der Waals surface area contributed by atoms with Crippen LogP contribution in [-0.2, 0) is 22.7 Å². The van der Waals surface area contributed by atoms with E-state index in [0.717, 1.165) is 16.9 Å². The Morgan fingerprint density at radius 2 is 2.03 bits per heavy atom. The van der Waals surface area contributed by atoms with E-state index in [1.165, 1.54) is 11.6 Å². The number of aryl methyl sites for hydroxylation is 1. The lowest BCUT2D eigenvalue weighted by molar-refractivity contribution is -0.116. The van der Waals surface area contributed by atoms with Crippen LogP contribution >= 0.6 is 23.6 Å². The number of carbonyl (C=O) groups is 3. The lowest BCUT2D eigenvalue weighted by Crippen LogP contribution is -2.21. The number of esters is 1. The van der Waals surface area contributed by atoms with Crippen LogP contribution in [0.15, 0.2) is 28.7 Å². The van der Waals surface area contributed by atoms with Crippen LogP contribution in [0.2, 0.25) is 0 Å². The molecule has 0 bridgehead atoms. The summed E-state index contributed by atoms with van der Waals surface area (Å²) in [5.41, 5.74) is 1.68. The number of benzene rings is 1. The first kappa shape index (κ1) is 24.3. The molecule has 0 aliphatic carbocycles. The van der Waals surface area contributed by atoms with Gasteiger partial charge in [0, 0.05) is 0 Å². The summed E-state index contributed by atoms with van der Waals surface area (Å²) in [6.45, 7) is 6.63. The fourth-order valence-electron chi connectivity index (χ4n) is 3.05. The number of rotatable bonds is 9. The van der Waals surface area contributed by atoms with Crippen LogP contribution in [0.1, 0.15) is 50.9 Å². The van der Waals surface area contributed by atoms with Gasteiger partial charge in [-0.15, -0.1) is 16.4 Å². The predicted octanol–water partition coefficient (Wildman–Crippen LogP) is 4.48. The second kappa shape index (κ2) is 10.5. The van der Waals surface area contributed by atoms with Crippen molar-refractivity contribution in [3.63, 3.8) is 0 Å². The van der Waals surface area contributed by atoms with Crippen LogP contribution in [0.5, 0.6) is 5.75 Å². The van der Waals surface area contributed by atoms with E-state index in [1.807, 2.05) is 31.2 Å². The average molecular weight is 490 g/mol. The number of anilines is 1. The normalized spacial score (nSPS) is 10.7. The fraction of sp³-hybridized carbons (Fsp3) is 0.318. The van der Waals surface area contributed by atoms with Crippen LogP contribution < -0.4 is 10.1 Å². The van der Waals surface area contributed by atoms with Crippen LogP contribution in [0.3, 0.4) is 0 Å². The Labute approximate surface area is 199 Å². The van der Waals surface area contributed by atoms with Gasteiger partial charge in [-0.1, -0.05) is 12.1 Å². The maximum absolute atomic E-state index is 12.7. The van der Waals surface area contributed by atoms with Gasteiger partial charge in [0.2, 0.25) is 5.91 Å². The van der Waals surface area contributed by atoms with E-state index < -0.39 is 11.9 Å². The number of amides is 1. The summed E-state index contributed by atoms with van der Waals surface area (Å²) in [6.07, 6.45) is 0. The molecule has 1 aromatic carbocycles. The van der Waals surface area contributed by atoms with Gasteiger partial charge in [0.25, 0.3) is 10.7 Å². The standard InChI is InChI=1S/C22H23N3O6S2/c1-5-29-21(28)18-13(3)19(14(4)26)33-20(18)23-16(27)10-25-22(32)31-17(24-25)11-30-15-8-6-7-12(2)9-15/h6-9H,5,10-11H2,1-4H3,(H,23,27). The molecule has 0 spiro atoms. The maximum Gasteiger partial charge on any atom is 0.341 e. The number of hydrogen-bond acceptors (Lipinski definition) is 9. The predicted molar refractivity (Wildman–Crippen MR) is 124 cm³/mol. The Morgan fingerprint density at radius 3 is 2.70 bits per heavy atom. The second-order valence-electron chi connectivity index (χ2n) is 7.11. The van der Waals surface area contributed by atoms with Gasteiger partial charge in [-0.2, -0.15) is 0 Å². The van der Waals surface area contributed by atoms with E-state index in [-0.39, 0.29) is 46.8 Å². The van der Waals surface area contributed by atoms with Gasteiger partial charge in [-0.3, -0.25) is 9.59 Å². The molecule has 0 aliphatic rings. The number of aromatic nitrogens is 2. The van der Waals surface area contributed by atoms with E-state index in [2.05, 4.69) is 10.4 Å². The Morgan fingerprint density at radius 1 is 1.27 bits per heavy atom. The summed E-state index contributed by atoms with van der Waals surface area (Å²) in [4.78, 5) is 37.3. The van der Waals surface area contributed by atoms with Crippen molar-refractivity contribution in [2.75, 3.05) is 11.9 Å². The topological polar surface area (TPSA) is 113 Å². The number of Topliss-reactive ketones (excluding diaryl/α,β-unsaturated/α-hetero) is 1. The molecule has 0 saturated heterocycles. The highest BCUT2D eigenvalue weighted by Gasteiger charge is 2.25. The summed E-state index contributed by atoms with van der Waals surface area (Å²) in [7, 11) is 0. The van der Waals surface area contributed by atoms with Gasteiger partial charge in [-0.05, 0) is 63.2 Å². The molecule has 2 aromatic heterocycles. The van der Waals surface area contributed by atoms with Crippen molar-refractivity contribution in [1.82, 2.24) is 9.78 Å². The molecule has 174 valence electrons. The largest absolute Gasteiger partial charge is 0.484 e. The molecule has 2 heterocycles. The van der Waals surface area contributed by atoms with Crippen molar-refractivity contribution in [3.8, 4) is 5.75 Å². The highest BCUT2D eigenvalue weighted by molar-refractivity contribution is 7.71. The molecule has 0 aliphatic heterocycles. The number of carbonyl (C=O) groups excluding carboxylic acids is 3. The van der Waals surface area contributed by atoms with E-state index in [1.54, 1.807) is 13.8 Å². The average Bonchev–Trinajstić information content (AvgIpc) is 3.25. The molecule has 0 fully saturated rings. The monoisotopic (exact) mass is 489 g/mol. The SMILES string of the molecule is CCOC(=O)c1c(NC(=O)Cn2nc(COc3cccc(C)c3)oc2=S)sc(C(C)=O)c1C. The summed E-state index contributed by atoms with van der Waals surface area (Å²) >= 11 is 6.17. The number of ketones is 1. The molecule has 11 heteroatoms. The molecule has 0 atom stereocenters. The van der Waals surface area contributed by atoms with Crippen molar-refractivity contribution in [3.05, 3.63) is 56.6 Å². The molecule has 1 amide bonds. The molecule has 3 rings (SSSR count). The lowest BCUT2D eigenvalue weighted by atomic mass is 10.1. The van der Waals surface area contributed by atoms with Crippen LogP contribution in [0, 0.1) is 18.7 Å². The van der Waals surface area contributed by atoms with E-state index in [9.17, 15) is 14.4 Å². The summed E-state index contributed by atoms with van der Waals surface area (Å²) in [5.74, 6) is -0.438. The third kappa shape index (κ3) is 5.93. The number of hydrogen-bond donors (Lipinski definition) is 1. The Bertz CT molecular complexity index is 1260. The fourth-order valence-corrected chi connectivity index (χ4v) is 4.35. The Kier molecular flexibility index (Phi) is 7.77. The van der Waals surface area contributed by atoms with Gasteiger partial charge in [-0.25, -0.2) is 9.48 Å². The summed E-state index contributed by atoms with van der Waals surface area (Å²) in [5, 5.41) is 7.08. The minimum atomic E-state index is -0.609. The van der Waals surface area contributed by atoms with Crippen molar-refractivity contribution in [1.29, 1.82) is 0 Å². The first-order valence-electron chi connectivity index (χ1n) is 10.1. The number of nitrogens with zero attached hydrogens (tertiary/aromatic N) is 2. The van der Waals surface area contributed by atoms with Crippen molar-refractivity contribution in [2.24, 2.45) is 0 Å².